The second kappa shape index (κ2) is 7.80. The quantitative estimate of drug-likeness (QED) is 0.720. The standard InChI is InChI=1S/C24H31N3O3/c1-25(23(29)18-8-3-2-6-17(18)15-28)21-11-10-20-19-9-5-13-26-12-4-7-16(22(19)26)14-27(20)24(21)30/h2-3,6,8,15-16,19-22H,4-5,7,9-14H2,1H3/t16-,19+,20?,21?,22-/m0/s1. The molecule has 0 bridgehead atoms. The molecule has 0 aliphatic carbocycles. The molecule has 6 nitrogen and oxygen atoms in total. The normalized spacial score (nSPS) is 33.4. The third-order valence-electron chi connectivity index (χ3n) is 8.08. The summed E-state index contributed by atoms with van der Waals surface area (Å²) in [5.41, 5.74) is 0.750. The van der Waals surface area contributed by atoms with Gasteiger partial charge >= 0.3 is 0 Å². The van der Waals surface area contributed by atoms with Crippen molar-refractivity contribution in [1.29, 1.82) is 0 Å². The summed E-state index contributed by atoms with van der Waals surface area (Å²) in [7, 11) is 1.71. The SMILES string of the molecule is CN(C(=O)c1ccccc1C=O)C1CCC2[C@H]3CCCN4CCC[C@@H](CN2C1=O)[C@@H]34. The molecule has 160 valence electrons. The van der Waals surface area contributed by atoms with E-state index in [0.717, 1.165) is 13.0 Å². The minimum atomic E-state index is -0.437. The number of hydrogen-bond acceptors (Lipinski definition) is 4. The van der Waals surface area contributed by atoms with Crippen LogP contribution in [0.15, 0.2) is 24.3 Å². The number of carbonyl (C=O) groups excluding carboxylic acids is 3. The lowest BCUT2D eigenvalue weighted by Gasteiger charge is -2.59. The average molecular weight is 410 g/mol. The van der Waals surface area contributed by atoms with Crippen molar-refractivity contribution in [2.45, 2.75) is 56.7 Å². The molecule has 1 aromatic carbocycles. The van der Waals surface area contributed by atoms with Crippen molar-refractivity contribution >= 4 is 18.1 Å². The highest BCUT2D eigenvalue weighted by Gasteiger charge is 2.52. The molecule has 6 heteroatoms. The van der Waals surface area contributed by atoms with Crippen molar-refractivity contribution in [2.24, 2.45) is 11.8 Å². The molecule has 0 saturated carbocycles. The van der Waals surface area contributed by atoms with Gasteiger partial charge in [-0.25, -0.2) is 0 Å². The summed E-state index contributed by atoms with van der Waals surface area (Å²) in [5, 5.41) is 0. The number of carbonyl (C=O) groups is 3. The van der Waals surface area contributed by atoms with Gasteiger partial charge in [0.2, 0.25) is 5.91 Å². The van der Waals surface area contributed by atoms with Crippen molar-refractivity contribution in [3.63, 3.8) is 0 Å². The lowest BCUT2D eigenvalue weighted by molar-refractivity contribution is -0.156. The summed E-state index contributed by atoms with van der Waals surface area (Å²) < 4.78 is 0. The highest BCUT2D eigenvalue weighted by atomic mass is 16.2. The lowest BCUT2D eigenvalue weighted by Crippen LogP contribution is -2.69. The summed E-state index contributed by atoms with van der Waals surface area (Å²) >= 11 is 0. The maximum Gasteiger partial charge on any atom is 0.255 e. The number of rotatable bonds is 3. The summed E-state index contributed by atoms with van der Waals surface area (Å²) in [6.07, 6.45) is 7.27. The van der Waals surface area contributed by atoms with E-state index in [9.17, 15) is 14.4 Å². The molecule has 30 heavy (non-hydrogen) atoms. The maximum absolute atomic E-state index is 13.6. The molecule has 0 radical (unpaired) electrons. The van der Waals surface area contributed by atoms with Crippen molar-refractivity contribution in [2.75, 3.05) is 26.7 Å². The smallest absolute Gasteiger partial charge is 0.255 e. The molecule has 4 aliphatic rings. The van der Waals surface area contributed by atoms with E-state index in [4.69, 9.17) is 0 Å². The van der Waals surface area contributed by atoms with Crippen LogP contribution in [0.1, 0.15) is 59.2 Å². The first kappa shape index (κ1) is 19.7. The van der Waals surface area contributed by atoms with Gasteiger partial charge in [0.05, 0.1) is 5.56 Å². The Morgan fingerprint density at radius 3 is 2.67 bits per heavy atom. The molecule has 2 unspecified atom stereocenters. The van der Waals surface area contributed by atoms with Crippen LogP contribution in [0, 0.1) is 11.8 Å². The monoisotopic (exact) mass is 409 g/mol. The number of hydrogen-bond donors (Lipinski definition) is 0. The third kappa shape index (κ3) is 3.08. The number of nitrogens with zero attached hydrogens (tertiary/aromatic N) is 3. The van der Waals surface area contributed by atoms with E-state index >= 15 is 0 Å². The van der Waals surface area contributed by atoms with Gasteiger partial charge in [0.1, 0.15) is 6.04 Å². The van der Waals surface area contributed by atoms with Gasteiger partial charge in [0.15, 0.2) is 6.29 Å². The predicted octanol–water partition coefficient (Wildman–Crippen LogP) is 2.43. The molecule has 4 saturated heterocycles. The predicted molar refractivity (Wildman–Crippen MR) is 113 cm³/mol. The Balaban J connectivity index is 1.37. The molecule has 0 spiro atoms. The summed E-state index contributed by atoms with van der Waals surface area (Å²) in [5.74, 6) is 1.01. The highest BCUT2D eigenvalue weighted by Crippen LogP contribution is 2.45. The highest BCUT2D eigenvalue weighted by molar-refractivity contribution is 6.03. The van der Waals surface area contributed by atoms with Gasteiger partial charge < -0.3 is 9.80 Å². The van der Waals surface area contributed by atoms with Gasteiger partial charge in [0.25, 0.3) is 5.91 Å². The van der Waals surface area contributed by atoms with Crippen LogP contribution in [-0.4, -0.2) is 77.6 Å². The summed E-state index contributed by atoms with van der Waals surface area (Å²) in [4.78, 5) is 44.5. The molecule has 4 aliphatic heterocycles. The van der Waals surface area contributed by atoms with Gasteiger partial charge in [-0.1, -0.05) is 18.2 Å². The number of amides is 2. The third-order valence-corrected chi connectivity index (χ3v) is 8.08. The van der Waals surface area contributed by atoms with Crippen molar-refractivity contribution in [1.82, 2.24) is 14.7 Å². The minimum absolute atomic E-state index is 0.104. The first-order valence-electron chi connectivity index (χ1n) is 11.5. The lowest BCUT2D eigenvalue weighted by atomic mass is 9.67. The van der Waals surface area contributed by atoms with E-state index in [-0.39, 0.29) is 11.8 Å². The second-order valence-corrected chi connectivity index (χ2v) is 9.51. The van der Waals surface area contributed by atoms with Crippen LogP contribution in [0.4, 0.5) is 0 Å². The van der Waals surface area contributed by atoms with Crippen LogP contribution >= 0.6 is 0 Å². The summed E-state index contributed by atoms with van der Waals surface area (Å²) in [6.45, 7) is 3.27. The fourth-order valence-electron chi connectivity index (χ4n) is 6.75. The van der Waals surface area contributed by atoms with Gasteiger partial charge in [-0.05, 0) is 69.5 Å². The molecule has 4 heterocycles. The topological polar surface area (TPSA) is 60.9 Å². The molecule has 0 N–H and O–H groups in total. The van der Waals surface area contributed by atoms with E-state index < -0.39 is 6.04 Å². The van der Waals surface area contributed by atoms with Gasteiger partial charge in [0, 0.05) is 31.2 Å². The Labute approximate surface area is 178 Å². The van der Waals surface area contributed by atoms with Crippen LogP contribution in [0.5, 0.6) is 0 Å². The zero-order valence-electron chi connectivity index (χ0n) is 17.7. The Hall–Kier alpha value is -2.21. The van der Waals surface area contributed by atoms with E-state index in [0.29, 0.717) is 47.8 Å². The van der Waals surface area contributed by atoms with Crippen molar-refractivity contribution in [3.05, 3.63) is 35.4 Å². The van der Waals surface area contributed by atoms with E-state index in [2.05, 4.69) is 9.80 Å². The van der Waals surface area contributed by atoms with Crippen molar-refractivity contribution < 1.29 is 14.4 Å². The minimum Gasteiger partial charge on any atom is -0.337 e. The molecule has 2 amide bonds. The maximum atomic E-state index is 13.6. The Kier molecular flexibility index (Phi) is 5.13. The average Bonchev–Trinajstić information content (AvgIpc) is 2.79. The van der Waals surface area contributed by atoms with Crippen LogP contribution < -0.4 is 0 Å². The zero-order chi connectivity index (χ0) is 20.8. The first-order valence-corrected chi connectivity index (χ1v) is 11.5. The largest absolute Gasteiger partial charge is 0.337 e. The molecule has 4 fully saturated rings. The molecule has 5 atom stereocenters. The number of aldehydes is 1. The molecular formula is C24H31N3O3. The van der Waals surface area contributed by atoms with E-state index in [1.54, 1.807) is 36.2 Å². The van der Waals surface area contributed by atoms with E-state index in [1.807, 2.05) is 0 Å². The fourth-order valence-corrected chi connectivity index (χ4v) is 6.75. The Morgan fingerprint density at radius 1 is 1.10 bits per heavy atom. The van der Waals surface area contributed by atoms with Crippen LogP contribution in [-0.2, 0) is 4.79 Å². The molecule has 1 aromatic rings. The van der Waals surface area contributed by atoms with Crippen LogP contribution in [0.3, 0.4) is 0 Å². The van der Waals surface area contributed by atoms with Crippen LogP contribution in [0.2, 0.25) is 0 Å². The Bertz CT molecular complexity index is 854. The number of fused-ring (bicyclic) bond motifs is 2. The molecule has 0 aromatic heterocycles. The first-order chi connectivity index (χ1) is 14.6. The fraction of sp³-hybridized carbons (Fsp3) is 0.625. The number of likely N-dealkylation sites (N-methyl/N-ethyl adjacent to an activating group) is 1. The van der Waals surface area contributed by atoms with Gasteiger partial charge in [-0.2, -0.15) is 0 Å². The Morgan fingerprint density at radius 2 is 1.87 bits per heavy atom. The number of benzene rings is 1. The van der Waals surface area contributed by atoms with Crippen molar-refractivity contribution in [3.8, 4) is 0 Å². The second-order valence-electron chi connectivity index (χ2n) is 9.51. The van der Waals surface area contributed by atoms with Gasteiger partial charge in [-0.15, -0.1) is 0 Å². The molecular weight excluding hydrogens is 378 g/mol. The van der Waals surface area contributed by atoms with Gasteiger partial charge in [-0.3, -0.25) is 19.3 Å². The van der Waals surface area contributed by atoms with Crippen LogP contribution in [0.25, 0.3) is 0 Å². The van der Waals surface area contributed by atoms with E-state index in [1.165, 1.54) is 38.8 Å². The zero-order valence-corrected chi connectivity index (χ0v) is 17.7. The summed E-state index contributed by atoms with van der Waals surface area (Å²) in [6, 6.07) is 7.36. The molecule has 5 rings (SSSR count). The number of piperidine rings is 4.